The second-order valence-corrected chi connectivity index (χ2v) is 9.69. The number of hydrogen-bond donors (Lipinski definition) is 1. The molecule has 4 rings (SSSR count). The summed E-state index contributed by atoms with van der Waals surface area (Å²) in [5, 5.41) is 3.08. The summed E-state index contributed by atoms with van der Waals surface area (Å²) in [6, 6.07) is 7.44. The molecule has 1 aliphatic heterocycles. The zero-order valence-electron chi connectivity index (χ0n) is 18.8. The Bertz CT molecular complexity index is 817. The summed E-state index contributed by atoms with van der Waals surface area (Å²) in [5.41, 5.74) is 1.74. The number of carbonyl (C=O) groups is 3. The predicted octanol–water partition coefficient (Wildman–Crippen LogP) is 4.71. The van der Waals surface area contributed by atoms with Crippen molar-refractivity contribution in [2.24, 2.45) is 11.8 Å². The van der Waals surface area contributed by atoms with Crippen molar-refractivity contribution in [3.8, 4) is 0 Å². The number of ketones is 1. The number of benzene rings is 1. The molecule has 0 radical (unpaired) electrons. The van der Waals surface area contributed by atoms with Crippen molar-refractivity contribution in [2.45, 2.75) is 83.1 Å². The normalized spacial score (nSPS) is 23.3. The molecular weight excluding hydrogens is 388 g/mol. The molecule has 1 heterocycles. The minimum Gasteiger partial charge on any atom is -0.342 e. The molecule has 3 aliphatic rings. The van der Waals surface area contributed by atoms with E-state index in [1.165, 1.54) is 6.42 Å². The van der Waals surface area contributed by atoms with Gasteiger partial charge in [-0.05, 0) is 62.1 Å². The molecule has 2 amide bonds. The maximum absolute atomic E-state index is 13.1. The largest absolute Gasteiger partial charge is 0.342 e. The van der Waals surface area contributed by atoms with Gasteiger partial charge in [0.2, 0.25) is 5.91 Å². The number of likely N-dealkylation sites (tertiary alicyclic amines) is 1. The smallest absolute Gasteiger partial charge is 0.251 e. The highest BCUT2D eigenvalue weighted by molar-refractivity contribution is 5.98. The summed E-state index contributed by atoms with van der Waals surface area (Å²) in [7, 11) is 0. The lowest BCUT2D eigenvalue weighted by molar-refractivity contribution is -0.133. The molecule has 0 bridgehead atoms. The van der Waals surface area contributed by atoms with Gasteiger partial charge in [0.15, 0.2) is 5.78 Å². The summed E-state index contributed by atoms with van der Waals surface area (Å²) in [5.74, 6) is 1.08. The number of nitrogens with zero attached hydrogens (tertiary/aromatic N) is 1. The highest BCUT2D eigenvalue weighted by Gasteiger charge is 2.36. The van der Waals surface area contributed by atoms with Gasteiger partial charge in [0, 0.05) is 38.3 Å². The molecule has 5 nitrogen and oxygen atoms in total. The third-order valence-corrected chi connectivity index (χ3v) is 7.38. The molecule has 0 aromatic heterocycles. The lowest BCUT2D eigenvalue weighted by Gasteiger charge is -2.33. The van der Waals surface area contributed by atoms with Crippen LogP contribution in [0.15, 0.2) is 24.3 Å². The molecule has 0 unspecified atom stereocenters. The molecule has 1 aromatic rings. The molecule has 2 saturated carbocycles. The fourth-order valence-corrected chi connectivity index (χ4v) is 5.34. The first-order valence-electron chi connectivity index (χ1n) is 12.3. The average Bonchev–Trinajstić information content (AvgIpc) is 3.68. The summed E-state index contributed by atoms with van der Waals surface area (Å²) >= 11 is 0. The Morgan fingerprint density at radius 1 is 1.06 bits per heavy atom. The number of rotatable bonds is 7. The first kappa shape index (κ1) is 22.0. The van der Waals surface area contributed by atoms with E-state index in [0.717, 1.165) is 70.0 Å². The zero-order valence-corrected chi connectivity index (χ0v) is 18.8. The Hall–Kier alpha value is -2.17. The van der Waals surface area contributed by atoms with Gasteiger partial charge < -0.3 is 10.2 Å². The quantitative estimate of drug-likeness (QED) is 0.687. The molecular formula is C26H38N2O3. The van der Waals surface area contributed by atoms with Crippen LogP contribution >= 0.6 is 0 Å². The van der Waals surface area contributed by atoms with Crippen LogP contribution in [0.4, 0.5) is 0 Å². The van der Waals surface area contributed by atoms with Crippen molar-refractivity contribution < 1.29 is 15.8 Å². The van der Waals surface area contributed by atoms with Crippen molar-refractivity contribution >= 4 is 17.6 Å². The number of carbonyl (C=O) groups excluding carboxylic acids is 3. The van der Waals surface area contributed by atoms with Gasteiger partial charge in [-0.25, -0.2) is 0 Å². The standard InChI is InChI=1S/C26H36N2O3.H2/c1-2-23(29)24(18-8-4-3-5-9-18)27-25(30)21-11-6-10-20(16-21)22-12-7-15-28(17-22)26(31)19-13-14-19;/h6,10-11,16,18-19,22,24H,2-5,7-9,12-15,17H2,1H3,(H,27,30);1H/t22-,24-;/m1./s1. The summed E-state index contributed by atoms with van der Waals surface area (Å²) < 4.78 is 0. The predicted molar refractivity (Wildman–Crippen MR) is 123 cm³/mol. The second-order valence-electron chi connectivity index (χ2n) is 9.69. The maximum Gasteiger partial charge on any atom is 0.251 e. The van der Waals surface area contributed by atoms with Gasteiger partial charge in [0.05, 0.1) is 6.04 Å². The van der Waals surface area contributed by atoms with Crippen molar-refractivity contribution in [2.75, 3.05) is 13.1 Å². The van der Waals surface area contributed by atoms with Crippen molar-refractivity contribution in [3.05, 3.63) is 35.4 Å². The van der Waals surface area contributed by atoms with Gasteiger partial charge in [-0.3, -0.25) is 14.4 Å². The van der Waals surface area contributed by atoms with Gasteiger partial charge in [-0.2, -0.15) is 0 Å². The van der Waals surface area contributed by atoms with E-state index in [0.29, 0.717) is 17.9 Å². The Morgan fingerprint density at radius 2 is 1.84 bits per heavy atom. The number of nitrogens with one attached hydrogen (secondary N) is 1. The van der Waals surface area contributed by atoms with E-state index in [-0.39, 0.29) is 36.9 Å². The van der Waals surface area contributed by atoms with Crippen molar-refractivity contribution in [1.29, 1.82) is 0 Å². The maximum atomic E-state index is 13.1. The number of amides is 2. The van der Waals surface area contributed by atoms with E-state index in [2.05, 4.69) is 11.4 Å². The summed E-state index contributed by atoms with van der Waals surface area (Å²) in [6.07, 6.45) is 10.1. The third kappa shape index (κ3) is 5.36. The summed E-state index contributed by atoms with van der Waals surface area (Å²) in [6.45, 7) is 3.48. The Balaban J connectivity index is 0.00000289. The van der Waals surface area contributed by atoms with E-state index in [1.54, 1.807) is 0 Å². The van der Waals surface area contributed by atoms with Crippen LogP contribution in [0, 0.1) is 11.8 Å². The molecule has 1 N–H and O–H groups in total. The van der Waals surface area contributed by atoms with Gasteiger partial charge in [0.1, 0.15) is 0 Å². The Kier molecular flexibility index (Phi) is 7.09. The van der Waals surface area contributed by atoms with Crippen LogP contribution in [0.3, 0.4) is 0 Å². The van der Waals surface area contributed by atoms with E-state index >= 15 is 0 Å². The SMILES string of the molecule is CCC(=O)[C@H](NC(=O)c1cccc([C@@H]2CCCN(C(=O)C3CC3)C2)c1)C1CCCCC1.[HH]. The van der Waals surface area contributed by atoms with Crippen LogP contribution in [0.1, 0.15) is 94.4 Å². The molecule has 2 aliphatic carbocycles. The molecule has 2 atom stereocenters. The van der Waals surface area contributed by atoms with Gasteiger partial charge >= 0.3 is 0 Å². The summed E-state index contributed by atoms with van der Waals surface area (Å²) in [4.78, 5) is 40.2. The zero-order chi connectivity index (χ0) is 21.8. The molecule has 5 heteroatoms. The number of hydrogen-bond acceptors (Lipinski definition) is 3. The van der Waals surface area contributed by atoms with Crippen LogP contribution in [-0.2, 0) is 9.59 Å². The van der Waals surface area contributed by atoms with E-state index in [9.17, 15) is 14.4 Å². The lowest BCUT2D eigenvalue weighted by Crippen LogP contribution is -2.46. The number of piperidine rings is 1. The second kappa shape index (κ2) is 9.97. The van der Waals surface area contributed by atoms with Crippen molar-refractivity contribution in [3.63, 3.8) is 0 Å². The molecule has 31 heavy (non-hydrogen) atoms. The van der Waals surface area contributed by atoms with Crippen LogP contribution in [0.5, 0.6) is 0 Å². The lowest BCUT2D eigenvalue weighted by atomic mass is 9.81. The highest BCUT2D eigenvalue weighted by Crippen LogP contribution is 2.34. The Morgan fingerprint density at radius 3 is 2.55 bits per heavy atom. The van der Waals surface area contributed by atoms with Crippen LogP contribution in [0.25, 0.3) is 0 Å². The van der Waals surface area contributed by atoms with E-state index in [4.69, 9.17) is 0 Å². The fourth-order valence-electron chi connectivity index (χ4n) is 5.34. The van der Waals surface area contributed by atoms with E-state index < -0.39 is 0 Å². The number of Topliss-reactive ketones (excluding diaryl/α,β-unsaturated/α-hetero) is 1. The topological polar surface area (TPSA) is 66.5 Å². The first-order chi connectivity index (χ1) is 15.1. The molecule has 0 spiro atoms. The minimum atomic E-state index is -0.372. The molecule has 1 saturated heterocycles. The fraction of sp³-hybridized carbons (Fsp3) is 0.654. The third-order valence-electron chi connectivity index (χ3n) is 7.38. The monoisotopic (exact) mass is 426 g/mol. The molecule has 1 aromatic carbocycles. The van der Waals surface area contributed by atoms with Gasteiger partial charge in [0.25, 0.3) is 5.91 Å². The Labute approximate surface area is 187 Å². The molecule has 170 valence electrons. The molecule has 3 fully saturated rings. The van der Waals surface area contributed by atoms with E-state index in [1.807, 2.05) is 30.0 Å². The van der Waals surface area contributed by atoms with Gasteiger partial charge in [-0.15, -0.1) is 0 Å². The van der Waals surface area contributed by atoms with Crippen LogP contribution < -0.4 is 5.32 Å². The highest BCUT2D eigenvalue weighted by atomic mass is 16.2. The first-order valence-corrected chi connectivity index (χ1v) is 12.3. The van der Waals surface area contributed by atoms with Crippen molar-refractivity contribution in [1.82, 2.24) is 10.2 Å². The van der Waals surface area contributed by atoms with Gasteiger partial charge in [-0.1, -0.05) is 38.3 Å². The van der Waals surface area contributed by atoms with Crippen LogP contribution in [-0.4, -0.2) is 41.6 Å². The van der Waals surface area contributed by atoms with Crippen LogP contribution in [0.2, 0.25) is 0 Å². The minimum absolute atomic E-state index is 0. The average molecular weight is 427 g/mol.